The third kappa shape index (κ3) is 2.10. The van der Waals surface area contributed by atoms with Crippen molar-refractivity contribution in [1.29, 1.82) is 0 Å². The molecule has 4 nitrogen and oxygen atoms in total. The van der Waals surface area contributed by atoms with Crippen molar-refractivity contribution in [3.8, 4) is 0 Å². The molecule has 0 saturated carbocycles. The smallest absolute Gasteiger partial charge is 0.289 e. The fraction of sp³-hybridized carbons (Fsp3) is 0.200. The SMILES string of the molecule is CN(C)c1ccc(C(=O)C(N)=O)cc1. The van der Waals surface area contributed by atoms with E-state index in [4.69, 9.17) is 5.73 Å². The standard InChI is InChI=1S/C10H12N2O2/c1-12(2)8-5-3-7(4-6-8)9(13)10(11)14/h3-6H,1-2H3,(H2,11,14). The van der Waals surface area contributed by atoms with Crippen molar-refractivity contribution in [1.82, 2.24) is 0 Å². The molecular weight excluding hydrogens is 180 g/mol. The van der Waals surface area contributed by atoms with Crippen LogP contribution in [0.1, 0.15) is 10.4 Å². The molecule has 0 spiro atoms. The quantitative estimate of drug-likeness (QED) is 0.557. The average Bonchev–Trinajstić information content (AvgIpc) is 2.16. The molecule has 0 aliphatic heterocycles. The third-order valence-corrected chi connectivity index (χ3v) is 1.87. The summed E-state index contributed by atoms with van der Waals surface area (Å²) in [6.45, 7) is 0. The van der Waals surface area contributed by atoms with Gasteiger partial charge in [0.05, 0.1) is 0 Å². The number of carbonyl (C=O) groups excluding carboxylic acids is 2. The second-order valence-corrected chi connectivity index (χ2v) is 3.13. The summed E-state index contributed by atoms with van der Waals surface area (Å²) in [7, 11) is 3.79. The number of anilines is 1. The first-order chi connectivity index (χ1) is 6.52. The van der Waals surface area contributed by atoms with E-state index in [-0.39, 0.29) is 0 Å². The van der Waals surface area contributed by atoms with Crippen LogP contribution >= 0.6 is 0 Å². The lowest BCUT2D eigenvalue weighted by molar-refractivity contribution is -0.114. The van der Waals surface area contributed by atoms with Crippen molar-refractivity contribution in [2.75, 3.05) is 19.0 Å². The maximum atomic E-state index is 11.1. The Morgan fingerprint density at radius 1 is 1.14 bits per heavy atom. The molecule has 74 valence electrons. The molecule has 0 fully saturated rings. The molecule has 1 amide bonds. The number of primary amides is 1. The van der Waals surface area contributed by atoms with Gasteiger partial charge >= 0.3 is 0 Å². The van der Waals surface area contributed by atoms with E-state index < -0.39 is 11.7 Å². The van der Waals surface area contributed by atoms with Crippen LogP contribution in [-0.4, -0.2) is 25.8 Å². The number of carbonyl (C=O) groups is 2. The van der Waals surface area contributed by atoms with Crippen LogP contribution in [0.5, 0.6) is 0 Å². The van der Waals surface area contributed by atoms with Crippen molar-refractivity contribution in [3.63, 3.8) is 0 Å². The molecule has 14 heavy (non-hydrogen) atoms. The average molecular weight is 192 g/mol. The zero-order valence-electron chi connectivity index (χ0n) is 8.15. The number of Topliss-reactive ketones (excluding diaryl/α,β-unsaturated/α-hetero) is 1. The van der Waals surface area contributed by atoms with E-state index in [0.29, 0.717) is 5.56 Å². The number of rotatable bonds is 3. The number of hydrogen-bond donors (Lipinski definition) is 1. The van der Waals surface area contributed by atoms with Gasteiger partial charge in [0.15, 0.2) is 0 Å². The number of benzene rings is 1. The third-order valence-electron chi connectivity index (χ3n) is 1.87. The minimum atomic E-state index is -0.928. The van der Waals surface area contributed by atoms with Gasteiger partial charge in [-0.3, -0.25) is 9.59 Å². The molecule has 0 unspecified atom stereocenters. The summed E-state index contributed by atoms with van der Waals surface area (Å²) in [5.74, 6) is -1.59. The van der Waals surface area contributed by atoms with Crippen LogP contribution in [0.3, 0.4) is 0 Å². The number of amides is 1. The van der Waals surface area contributed by atoms with Gasteiger partial charge in [-0.1, -0.05) is 0 Å². The van der Waals surface area contributed by atoms with Crippen LogP contribution < -0.4 is 10.6 Å². The van der Waals surface area contributed by atoms with Gasteiger partial charge in [-0.2, -0.15) is 0 Å². The van der Waals surface area contributed by atoms with Crippen LogP contribution in [0, 0.1) is 0 Å². The second kappa shape index (κ2) is 3.91. The summed E-state index contributed by atoms with van der Waals surface area (Å²) in [5, 5.41) is 0. The predicted octanol–water partition coefficient (Wildman–Crippen LogP) is 0.421. The molecule has 0 aliphatic carbocycles. The molecule has 0 aromatic heterocycles. The normalized spacial score (nSPS) is 9.57. The summed E-state index contributed by atoms with van der Waals surface area (Å²) in [6, 6.07) is 6.69. The Morgan fingerprint density at radius 2 is 1.64 bits per heavy atom. The van der Waals surface area contributed by atoms with E-state index in [9.17, 15) is 9.59 Å². The molecule has 0 heterocycles. The van der Waals surface area contributed by atoms with Gasteiger partial charge in [0.2, 0.25) is 5.78 Å². The summed E-state index contributed by atoms with van der Waals surface area (Å²) in [5.41, 5.74) is 6.15. The molecule has 0 radical (unpaired) electrons. The van der Waals surface area contributed by atoms with Gasteiger partial charge < -0.3 is 10.6 Å². The molecule has 2 N–H and O–H groups in total. The Balaban J connectivity index is 2.94. The summed E-state index contributed by atoms with van der Waals surface area (Å²) in [6.07, 6.45) is 0. The predicted molar refractivity (Wildman–Crippen MR) is 54.3 cm³/mol. The van der Waals surface area contributed by atoms with E-state index >= 15 is 0 Å². The highest BCUT2D eigenvalue weighted by atomic mass is 16.2. The van der Waals surface area contributed by atoms with E-state index in [2.05, 4.69) is 0 Å². The van der Waals surface area contributed by atoms with Gasteiger partial charge in [0.25, 0.3) is 5.91 Å². The fourth-order valence-electron chi connectivity index (χ4n) is 1.05. The first kappa shape index (κ1) is 10.2. The molecule has 0 atom stereocenters. The molecule has 1 aromatic carbocycles. The van der Waals surface area contributed by atoms with E-state index in [1.165, 1.54) is 0 Å². The number of nitrogens with two attached hydrogens (primary N) is 1. The van der Waals surface area contributed by atoms with Crippen molar-refractivity contribution >= 4 is 17.4 Å². The van der Waals surface area contributed by atoms with Gasteiger partial charge in [0.1, 0.15) is 0 Å². The van der Waals surface area contributed by atoms with Crippen LogP contribution in [0.4, 0.5) is 5.69 Å². The van der Waals surface area contributed by atoms with Gasteiger partial charge in [-0.25, -0.2) is 0 Å². The fourth-order valence-corrected chi connectivity index (χ4v) is 1.05. The van der Waals surface area contributed by atoms with Crippen molar-refractivity contribution in [2.45, 2.75) is 0 Å². The molecule has 4 heteroatoms. The van der Waals surface area contributed by atoms with Crippen LogP contribution in [0.15, 0.2) is 24.3 Å². The highest BCUT2D eigenvalue weighted by Gasteiger charge is 2.11. The van der Waals surface area contributed by atoms with Crippen LogP contribution in [0.2, 0.25) is 0 Å². The number of nitrogens with zero attached hydrogens (tertiary/aromatic N) is 1. The maximum absolute atomic E-state index is 11.1. The monoisotopic (exact) mass is 192 g/mol. The Labute approximate surface area is 82.3 Å². The lowest BCUT2D eigenvalue weighted by Gasteiger charge is -2.11. The lowest BCUT2D eigenvalue weighted by Crippen LogP contribution is -2.23. The molecule has 0 bridgehead atoms. The summed E-state index contributed by atoms with van der Waals surface area (Å²) >= 11 is 0. The minimum Gasteiger partial charge on any atom is -0.378 e. The topological polar surface area (TPSA) is 63.4 Å². The Hall–Kier alpha value is -1.84. The lowest BCUT2D eigenvalue weighted by atomic mass is 10.1. The van der Waals surface area contributed by atoms with Crippen LogP contribution in [0.25, 0.3) is 0 Å². The Bertz CT molecular complexity index is 355. The highest BCUT2D eigenvalue weighted by molar-refractivity contribution is 6.42. The molecule has 0 saturated heterocycles. The van der Waals surface area contributed by atoms with Crippen molar-refractivity contribution < 1.29 is 9.59 Å². The van der Waals surface area contributed by atoms with E-state index in [1.54, 1.807) is 24.3 Å². The molecule has 0 aliphatic rings. The zero-order chi connectivity index (χ0) is 10.7. The molecule has 1 aromatic rings. The first-order valence-electron chi connectivity index (χ1n) is 4.14. The highest BCUT2D eigenvalue weighted by Crippen LogP contribution is 2.12. The Kier molecular flexibility index (Phi) is 2.86. The summed E-state index contributed by atoms with van der Waals surface area (Å²) in [4.78, 5) is 23.6. The van der Waals surface area contributed by atoms with Crippen molar-refractivity contribution in [3.05, 3.63) is 29.8 Å². The summed E-state index contributed by atoms with van der Waals surface area (Å²) < 4.78 is 0. The minimum absolute atomic E-state index is 0.322. The molecular formula is C10H12N2O2. The largest absolute Gasteiger partial charge is 0.378 e. The first-order valence-corrected chi connectivity index (χ1v) is 4.14. The van der Waals surface area contributed by atoms with Gasteiger partial charge in [0, 0.05) is 25.3 Å². The van der Waals surface area contributed by atoms with Crippen molar-refractivity contribution in [2.24, 2.45) is 5.73 Å². The van der Waals surface area contributed by atoms with E-state index in [0.717, 1.165) is 5.69 Å². The van der Waals surface area contributed by atoms with Crippen LogP contribution in [-0.2, 0) is 4.79 Å². The molecule has 1 rings (SSSR count). The Morgan fingerprint density at radius 3 is 2.00 bits per heavy atom. The van der Waals surface area contributed by atoms with Gasteiger partial charge in [-0.05, 0) is 24.3 Å². The second-order valence-electron chi connectivity index (χ2n) is 3.13. The van der Waals surface area contributed by atoms with E-state index in [1.807, 2.05) is 19.0 Å². The number of ketones is 1. The zero-order valence-corrected chi connectivity index (χ0v) is 8.15. The van der Waals surface area contributed by atoms with Gasteiger partial charge in [-0.15, -0.1) is 0 Å². The number of hydrogen-bond acceptors (Lipinski definition) is 3. The maximum Gasteiger partial charge on any atom is 0.289 e.